The van der Waals surface area contributed by atoms with Crippen LogP contribution in [0.3, 0.4) is 0 Å². The monoisotopic (exact) mass is 654 g/mol. The summed E-state index contributed by atoms with van der Waals surface area (Å²) in [6.07, 6.45) is 2.63. The Labute approximate surface area is 285 Å². The molecule has 0 amide bonds. The third kappa shape index (κ3) is 12.1. The molecule has 1 N–H and O–H groups in total. The molecule has 0 atom stereocenters. The Morgan fingerprint density at radius 3 is 1.67 bits per heavy atom. The first-order chi connectivity index (χ1) is 23.8. The van der Waals surface area contributed by atoms with E-state index < -0.39 is 24.5 Å². The second-order valence-corrected chi connectivity index (χ2v) is 10.5. The molecule has 0 aromatic heterocycles. The fraction of sp³-hybridized carbons (Fsp3) is 0.146. The van der Waals surface area contributed by atoms with Crippen LogP contribution in [0.5, 0.6) is 11.5 Å². The molecule has 8 nitrogen and oxygen atoms in total. The Bertz CT molecular complexity index is 1880. The number of rotatable bonds is 13. The number of aliphatic hydroxyl groups excluding tert-OH is 1. The average molecular weight is 655 g/mol. The number of esters is 3. The van der Waals surface area contributed by atoms with Crippen LogP contribution in [0.1, 0.15) is 51.0 Å². The van der Waals surface area contributed by atoms with E-state index in [0.29, 0.717) is 36.5 Å². The van der Waals surface area contributed by atoms with Crippen molar-refractivity contribution in [1.82, 2.24) is 0 Å². The zero-order chi connectivity index (χ0) is 34.8. The second kappa shape index (κ2) is 18.7. The third-order valence-electron chi connectivity index (χ3n) is 6.76. The van der Waals surface area contributed by atoms with Crippen LogP contribution in [0.15, 0.2) is 122 Å². The zero-order valence-corrected chi connectivity index (χ0v) is 26.8. The molecule has 4 aromatic carbocycles. The van der Waals surface area contributed by atoms with E-state index in [4.69, 9.17) is 24.1 Å². The van der Waals surface area contributed by atoms with Gasteiger partial charge in [0.05, 0.1) is 31.0 Å². The number of unbranched alkanes of at least 4 members (excludes halogenated alkanes) is 1. The summed E-state index contributed by atoms with van der Waals surface area (Å²) < 4.78 is 21.2. The van der Waals surface area contributed by atoms with Crippen molar-refractivity contribution in [3.05, 3.63) is 155 Å². The molecule has 49 heavy (non-hydrogen) atoms. The summed E-state index contributed by atoms with van der Waals surface area (Å²) in [5, 5.41) is 8.93. The first-order valence-electron chi connectivity index (χ1n) is 15.4. The molecule has 0 bridgehead atoms. The molecule has 0 aliphatic heterocycles. The number of aliphatic hydroxyl groups is 1. The van der Waals surface area contributed by atoms with Gasteiger partial charge in [0.2, 0.25) is 0 Å². The Hall–Kier alpha value is -6.35. The van der Waals surface area contributed by atoms with E-state index >= 15 is 0 Å². The van der Waals surface area contributed by atoms with Crippen LogP contribution >= 0.6 is 0 Å². The fourth-order valence-corrected chi connectivity index (χ4v) is 4.01. The summed E-state index contributed by atoms with van der Waals surface area (Å²) in [6, 6.07) is 28.5. The van der Waals surface area contributed by atoms with E-state index in [9.17, 15) is 14.4 Å². The number of benzene rings is 4. The highest BCUT2D eigenvalue weighted by Gasteiger charge is 2.10. The maximum Gasteiger partial charge on any atom is 0.343 e. The molecule has 0 saturated carbocycles. The SMILES string of the molecule is C=CC(=O)OCCCCOc1ccc(C#Cc2ccc(C#Cc3ccc(C(=O)Oc4ccc(COC(=O)C(=C)CO)cc4)cc3)cc2)cc1. The van der Waals surface area contributed by atoms with Gasteiger partial charge in [0.1, 0.15) is 18.1 Å². The summed E-state index contributed by atoms with van der Waals surface area (Å²) in [6.45, 7) is 7.19. The van der Waals surface area contributed by atoms with Gasteiger partial charge in [-0.15, -0.1) is 0 Å². The molecule has 0 aliphatic carbocycles. The molecule has 0 fully saturated rings. The lowest BCUT2D eigenvalue weighted by Gasteiger charge is -2.07. The van der Waals surface area contributed by atoms with E-state index in [-0.39, 0.29) is 12.2 Å². The number of ether oxygens (including phenoxy) is 4. The van der Waals surface area contributed by atoms with Crippen molar-refractivity contribution in [2.45, 2.75) is 19.4 Å². The molecular formula is C41H34O8. The van der Waals surface area contributed by atoms with Gasteiger partial charge < -0.3 is 24.1 Å². The van der Waals surface area contributed by atoms with Crippen molar-refractivity contribution in [3.63, 3.8) is 0 Å². The minimum absolute atomic E-state index is 0.00184. The lowest BCUT2D eigenvalue weighted by Crippen LogP contribution is -2.10. The lowest BCUT2D eigenvalue weighted by molar-refractivity contribution is -0.141. The highest BCUT2D eigenvalue weighted by Crippen LogP contribution is 2.16. The van der Waals surface area contributed by atoms with Crippen LogP contribution in [-0.4, -0.2) is 42.8 Å². The lowest BCUT2D eigenvalue weighted by atomic mass is 10.1. The summed E-state index contributed by atoms with van der Waals surface area (Å²) in [5.41, 5.74) is 4.32. The van der Waals surface area contributed by atoms with Gasteiger partial charge in [0.15, 0.2) is 0 Å². The van der Waals surface area contributed by atoms with Crippen molar-refractivity contribution in [1.29, 1.82) is 0 Å². The van der Waals surface area contributed by atoms with Crippen LogP contribution in [0.2, 0.25) is 0 Å². The number of carbonyl (C=O) groups excluding carboxylic acids is 3. The molecule has 0 heterocycles. The second-order valence-electron chi connectivity index (χ2n) is 10.5. The Balaban J connectivity index is 1.22. The Morgan fingerprint density at radius 1 is 0.653 bits per heavy atom. The van der Waals surface area contributed by atoms with Crippen LogP contribution in [-0.2, 0) is 25.7 Å². The maximum atomic E-state index is 12.6. The fourth-order valence-electron chi connectivity index (χ4n) is 4.01. The quantitative estimate of drug-likeness (QED) is 0.0599. The van der Waals surface area contributed by atoms with Gasteiger partial charge in [-0.1, -0.05) is 49.0 Å². The third-order valence-corrected chi connectivity index (χ3v) is 6.76. The van der Waals surface area contributed by atoms with Gasteiger partial charge in [-0.3, -0.25) is 0 Å². The van der Waals surface area contributed by atoms with E-state index in [2.05, 4.69) is 36.8 Å². The van der Waals surface area contributed by atoms with E-state index in [1.807, 2.05) is 48.5 Å². The van der Waals surface area contributed by atoms with Crippen molar-refractivity contribution < 1.29 is 38.4 Å². The molecule has 8 heteroatoms. The van der Waals surface area contributed by atoms with E-state index in [0.717, 1.165) is 40.5 Å². The zero-order valence-electron chi connectivity index (χ0n) is 26.8. The smallest absolute Gasteiger partial charge is 0.343 e. The van der Waals surface area contributed by atoms with Crippen LogP contribution in [0.25, 0.3) is 0 Å². The molecule has 4 rings (SSSR count). The molecule has 4 aromatic rings. The van der Waals surface area contributed by atoms with Crippen molar-refractivity contribution in [2.75, 3.05) is 19.8 Å². The summed E-state index contributed by atoms with van der Waals surface area (Å²) in [5.74, 6) is 12.0. The Morgan fingerprint density at radius 2 is 1.14 bits per heavy atom. The first-order valence-corrected chi connectivity index (χ1v) is 15.4. The molecule has 0 saturated heterocycles. The minimum Gasteiger partial charge on any atom is -0.494 e. The minimum atomic E-state index is -0.673. The Kier molecular flexibility index (Phi) is 13.6. The van der Waals surface area contributed by atoms with Gasteiger partial charge >= 0.3 is 17.9 Å². The summed E-state index contributed by atoms with van der Waals surface area (Å²) in [7, 11) is 0. The van der Waals surface area contributed by atoms with Crippen LogP contribution in [0, 0.1) is 23.7 Å². The average Bonchev–Trinajstić information content (AvgIpc) is 3.14. The largest absolute Gasteiger partial charge is 0.494 e. The molecule has 0 aliphatic rings. The van der Waals surface area contributed by atoms with Gasteiger partial charge in [-0.05, 0) is 103 Å². The van der Waals surface area contributed by atoms with Gasteiger partial charge in [-0.2, -0.15) is 0 Å². The standard InChI is InChI=1S/C41H34O8/c1-3-39(43)47-27-5-4-26-46-37-22-16-34(17-23-37)13-11-32-8-6-31(7-9-32)10-12-33-14-20-36(21-15-33)41(45)49-38-24-18-35(19-25-38)29-48-40(44)30(2)28-42/h3,6-9,14-25,42H,1-2,4-5,26-29H2. The number of hydrogen-bond acceptors (Lipinski definition) is 8. The summed E-state index contributed by atoms with van der Waals surface area (Å²) >= 11 is 0. The topological polar surface area (TPSA) is 108 Å². The van der Waals surface area contributed by atoms with Crippen LogP contribution in [0.4, 0.5) is 0 Å². The summed E-state index contributed by atoms with van der Waals surface area (Å²) in [4.78, 5) is 35.2. The van der Waals surface area contributed by atoms with Crippen molar-refractivity contribution in [2.24, 2.45) is 0 Å². The van der Waals surface area contributed by atoms with Crippen LogP contribution < -0.4 is 9.47 Å². The van der Waals surface area contributed by atoms with E-state index in [1.54, 1.807) is 48.5 Å². The van der Waals surface area contributed by atoms with Crippen molar-refractivity contribution in [3.8, 4) is 35.2 Å². The first kappa shape index (κ1) is 35.5. The predicted octanol–water partition coefficient (Wildman–Crippen LogP) is 6.19. The highest BCUT2D eigenvalue weighted by atomic mass is 16.5. The normalized spacial score (nSPS) is 9.90. The van der Waals surface area contributed by atoms with Gasteiger partial charge in [-0.25, -0.2) is 14.4 Å². The molecule has 0 radical (unpaired) electrons. The number of carbonyl (C=O) groups is 3. The van der Waals surface area contributed by atoms with Gasteiger partial charge in [0.25, 0.3) is 0 Å². The number of hydrogen-bond donors (Lipinski definition) is 1. The predicted molar refractivity (Wildman–Crippen MR) is 185 cm³/mol. The highest BCUT2D eigenvalue weighted by molar-refractivity contribution is 5.91. The molecule has 0 unspecified atom stereocenters. The maximum absolute atomic E-state index is 12.6. The molecule has 246 valence electrons. The van der Waals surface area contributed by atoms with Crippen molar-refractivity contribution >= 4 is 17.9 Å². The van der Waals surface area contributed by atoms with E-state index in [1.165, 1.54) is 0 Å². The molecule has 0 spiro atoms. The molecular weight excluding hydrogens is 620 g/mol. The van der Waals surface area contributed by atoms with Gasteiger partial charge in [0, 0.05) is 28.3 Å².